The van der Waals surface area contributed by atoms with Crippen molar-refractivity contribution in [3.63, 3.8) is 0 Å². The lowest BCUT2D eigenvalue weighted by atomic mass is 10.2. The van der Waals surface area contributed by atoms with Crippen molar-refractivity contribution < 1.29 is 0 Å². The molecule has 0 unspecified atom stereocenters. The van der Waals surface area contributed by atoms with Gasteiger partial charge in [-0.3, -0.25) is 9.97 Å². The SMILES string of the molecule is Clc1ccccc1-c1nnc2sc(-c3cnccn3)nn12. The van der Waals surface area contributed by atoms with Crippen LogP contribution in [-0.4, -0.2) is 29.8 Å². The van der Waals surface area contributed by atoms with Crippen molar-refractivity contribution in [2.75, 3.05) is 0 Å². The number of fused-ring (bicyclic) bond motifs is 1. The number of halogens is 1. The molecule has 0 N–H and O–H groups in total. The molecule has 0 amide bonds. The molecule has 102 valence electrons. The van der Waals surface area contributed by atoms with Gasteiger partial charge in [0.05, 0.1) is 11.2 Å². The molecule has 8 heteroatoms. The van der Waals surface area contributed by atoms with Crippen molar-refractivity contribution in [2.24, 2.45) is 0 Å². The van der Waals surface area contributed by atoms with Crippen LogP contribution < -0.4 is 0 Å². The normalized spacial score (nSPS) is 11.1. The van der Waals surface area contributed by atoms with Crippen molar-refractivity contribution in [1.82, 2.24) is 29.8 Å². The second kappa shape index (κ2) is 4.87. The third-order valence-electron chi connectivity index (χ3n) is 2.89. The Kier molecular flexibility index (Phi) is 2.87. The predicted molar refractivity (Wildman–Crippen MR) is 80.1 cm³/mol. The Labute approximate surface area is 128 Å². The molecule has 4 rings (SSSR count). The maximum Gasteiger partial charge on any atom is 0.235 e. The highest BCUT2D eigenvalue weighted by Gasteiger charge is 2.16. The van der Waals surface area contributed by atoms with Gasteiger partial charge in [0, 0.05) is 18.0 Å². The summed E-state index contributed by atoms with van der Waals surface area (Å²) in [6.07, 6.45) is 4.92. The lowest BCUT2D eigenvalue weighted by Gasteiger charge is -1.99. The third kappa shape index (κ3) is 2.07. The Morgan fingerprint density at radius 1 is 1.10 bits per heavy atom. The monoisotopic (exact) mass is 314 g/mol. The minimum atomic E-state index is 0.612. The minimum Gasteiger partial charge on any atom is -0.261 e. The van der Waals surface area contributed by atoms with E-state index in [4.69, 9.17) is 11.6 Å². The van der Waals surface area contributed by atoms with E-state index in [0.29, 0.717) is 21.5 Å². The van der Waals surface area contributed by atoms with E-state index in [-0.39, 0.29) is 0 Å². The fourth-order valence-electron chi connectivity index (χ4n) is 1.94. The Balaban J connectivity index is 1.90. The summed E-state index contributed by atoms with van der Waals surface area (Å²) in [5.74, 6) is 0.613. The van der Waals surface area contributed by atoms with E-state index in [9.17, 15) is 0 Å². The number of benzene rings is 1. The van der Waals surface area contributed by atoms with Crippen molar-refractivity contribution in [3.05, 3.63) is 47.9 Å². The van der Waals surface area contributed by atoms with Crippen LogP contribution >= 0.6 is 22.9 Å². The second-order valence-electron chi connectivity index (χ2n) is 4.20. The molecule has 0 saturated heterocycles. The smallest absolute Gasteiger partial charge is 0.235 e. The van der Waals surface area contributed by atoms with Gasteiger partial charge in [-0.25, -0.2) is 0 Å². The topological polar surface area (TPSA) is 68.9 Å². The van der Waals surface area contributed by atoms with Crippen LogP contribution in [0, 0.1) is 0 Å². The zero-order valence-electron chi connectivity index (χ0n) is 10.5. The van der Waals surface area contributed by atoms with Crippen molar-refractivity contribution in [2.45, 2.75) is 0 Å². The number of hydrogen-bond acceptors (Lipinski definition) is 6. The Hall–Kier alpha value is -2.38. The number of nitrogens with zero attached hydrogens (tertiary/aromatic N) is 6. The van der Waals surface area contributed by atoms with Crippen LogP contribution in [0.25, 0.3) is 27.1 Å². The third-order valence-corrected chi connectivity index (χ3v) is 4.14. The molecule has 3 aromatic heterocycles. The first-order chi connectivity index (χ1) is 10.3. The molecule has 4 aromatic rings. The number of aromatic nitrogens is 6. The molecule has 0 fully saturated rings. The standard InChI is InChI=1S/C13H7ClN6S/c14-9-4-2-1-3-8(9)11-17-18-13-20(11)19-12(21-13)10-7-15-5-6-16-10/h1-7H. The van der Waals surface area contributed by atoms with E-state index in [1.165, 1.54) is 11.3 Å². The van der Waals surface area contributed by atoms with E-state index in [1.807, 2.05) is 24.3 Å². The summed E-state index contributed by atoms with van der Waals surface area (Å²) in [7, 11) is 0. The van der Waals surface area contributed by atoms with Gasteiger partial charge in [-0.15, -0.1) is 10.2 Å². The lowest BCUT2D eigenvalue weighted by Crippen LogP contribution is -1.92. The van der Waals surface area contributed by atoms with Gasteiger partial charge in [0.2, 0.25) is 4.96 Å². The van der Waals surface area contributed by atoms with Gasteiger partial charge in [-0.1, -0.05) is 35.1 Å². The molecule has 3 heterocycles. The average molecular weight is 315 g/mol. The fraction of sp³-hybridized carbons (Fsp3) is 0. The first-order valence-corrected chi connectivity index (χ1v) is 7.26. The van der Waals surface area contributed by atoms with Crippen LogP contribution in [0.2, 0.25) is 5.02 Å². The van der Waals surface area contributed by atoms with Gasteiger partial charge in [0.1, 0.15) is 5.69 Å². The molecule has 0 saturated carbocycles. The first kappa shape index (κ1) is 12.4. The average Bonchev–Trinajstić information content (AvgIpc) is 3.09. The van der Waals surface area contributed by atoms with Crippen LogP contribution in [0.1, 0.15) is 0 Å². The summed E-state index contributed by atoms with van der Waals surface area (Å²) >= 11 is 7.62. The van der Waals surface area contributed by atoms with Crippen LogP contribution in [0.15, 0.2) is 42.9 Å². The Morgan fingerprint density at radius 2 is 2.00 bits per heavy atom. The minimum absolute atomic E-state index is 0.612. The van der Waals surface area contributed by atoms with E-state index in [2.05, 4.69) is 25.3 Å². The number of hydrogen-bond donors (Lipinski definition) is 0. The van der Waals surface area contributed by atoms with Gasteiger partial charge in [-0.05, 0) is 12.1 Å². The van der Waals surface area contributed by atoms with E-state index in [0.717, 1.165) is 10.6 Å². The zero-order valence-corrected chi connectivity index (χ0v) is 12.1. The van der Waals surface area contributed by atoms with E-state index >= 15 is 0 Å². The predicted octanol–water partition coefficient (Wildman–Crippen LogP) is 2.96. The molecule has 0 bridgehead atoms. The Bertz CT molecular complexity index is 917. The quantitative estimate of drug-likeness (QED) is 0.569. The summed E-state index contributed by atoms with van der Waals surface area (Å²) in [6.45, 7) is 0. The fourth-order valence-corrected chi connectivity index (χ4v) is 2.96. The van der Waals surface area contributed by atoms with Gasteiger partial charge in [-0.2, -0.15) is 9.61 Å². The zero-order chi connectivity index (χ0) is 14.2. The lowest BCUT2D eigenvalue weighted by molar-refractivity contribution is 0.965. The number of rotatable bonds is 2. The van der Waals surface area contributed by atoms with Crippen LogP contribution in [-0.2, 0) is 0 Å². The summed E-state index contributed by atoms with van der Waals surface area (Å²) in [5.41, 5.74) is 1.50. The molecule has 0 aliphatic heterocycles. The van der Waals surface area contributed by atoms with Gasteiger partial charge >= 0.3 is 0 Å². The van der Waals surface area contributed by atoms with Crippen LogP contribution in [0.3, 0.4) is 0 Å². The van der Waals surface area contributed by atoms with Crippen LogP contribution in [0.5, 0.6) is 0 Å². The molecular formula is C13H7ClN6S. The van der Waals surface area contributed by atoms with Gasteiger partial charge < -0.3 is 0 Å². The summed E-state index contributed by atoms with van der Waals surface area (Å²) in [4.78, 5) is 8.98. The van der Waals surface area contributed by atoms with Gasteiger partial charge in [0.15, 0.2) is 10.8 Å². The Morgan fingerprint density at radius 3 is 2.81 bits per heavy atom. The second-order valence-corrected chi connectivity index (χ2v) is 5.56. The molecule has 0 atom stereocenters. The molecule has 6 nitrogen and oxygen atoms in total. The van der Waals surface area contributed by atoms with E-state index < -0.39 is 0 Å². The molecule has 0 radical (unpaired) electrons. The summed E-state index contributed by atoms with van der Waals surface area (Å²) in [5, 5.41) is 14.2. The van der Waals surface area contributed by atoms with Crippen molar-refractivity contribution in [1.29, 1.82) is 0 Å². The largest absolute Gasteiger partial charge is 0.261 e. The van der Waals surface area contributed by atoms with Crippen molar-refractivity contribution in [3.8, 4) is 22.1 Å². The molecule has 0 aliphatic rings. The van der Waals surface area contributed by atoms with E-state index in [1.54, 1.807) is 23.1 Å². The van der Waals surface area contributed by atoms with Gasteiger partial charge in [0.25, 0.3) is 0 Å². The molecule has 1 aromatic carbocycles. The summed E-state index contributed by atoms with van der Waals surface area (Å²) in [6, 6.07) is 7.47. The highest BCUT2D eigenvalue weighted by atomic mass is 35.5. The summed E-state index contributed by atoms with van der Waals surface area (Å²) < 4.78 is 1.68. The van der Waals surface area contributed by atoms with Crippen molar-refractivity contribution >= 4 is 27.9 Å². The highest BCUT2D eigenvalue weighted by molar-refractivity contribution is 7.19. The maximum atomic E-state index is 6.21. The highest BCUT2D eigenvalue weighted by Crippen LogP contribution is 2.29. The molecule has 0 spiro atoms. The van der Waals surface area contributed by atoms with Crippen LogP contribution in [0.4, 0.5) is 0 Å². The first-order valence-electron chi connectivity index (χ1n) is 6.06. The molecule has 0 aliphatic carbocycles. The molecule has 21 heavy (non-hydrogen) atoms. The molecular weight excluding hydrogens is 308 g/mol. The maximum absolute atomic E-state index is 6.21.